The fraction of sp³-hybridized carbons (Fsp3) is 0.462. The van der Waals surface area contributed by atoms with Gasteiger partial charge in [-0.05, 0) is 37.0 Å². The van der Waals surface area contributed by atoms with E-state index in [1.54, 1.807) is 12.1 Å². The number of carbonyl (C=O) groups excluding carboxylic acids is 1. The van der Waals surface area contributed by atoms with E-state index in [1.165, 1.54) is 0 Å². The van der Waals surface area contributed by atoms with Crippen molar-refractivity contribution in [2.24, 2.45) is 5.92 Å². The zero-order valence-electron chi connectivity index (χ0n) is 10.1. The molecule has 0 atom stereocenters. The van der Waals surface area contributed by atoms with Gasteiger partial charge in [0, 0.05) is 6.54 Å². The smallest absolute Gasteiger partial charge is 0.255 e. The lowest BCUT2D eigenvalue weighted by atomic mass is 10.1. The summed E-state index contributed by atoms with van der Waals surface area (Å²) in [6.07, 6.45) is 0.943. The summed E-state index contributed by atoms with van der Waals surface area (Å²) in [5.74, 6) is 0.395. The van der Waals surface area contributed by atoms with Gasteiger partial charge in [0.25, 0.3) is 5.91 Å². The maximum absolute atomic E-state index is 11.7. The molecule has 0 aliphatic carbocycles. The summed E-state index contributed by atoms with van der Waals surface area (Å²) in [5, 5.41) is 12.4. The molecule has 1 aromatic rings. The van der Waals surface area contributed by atoms with Crippen LogP contribution in [-0.2, 0) is 0 Å². The van der Waals surface area contributed by atoms with Gasteiger partial charge >= 0.3 is 0 Å². The SMILES string of the molecule is Cc1ccc(C(=O)NCCC(C)C)c(O)c1. The van der Waals surface area contributed by atoms with Crippen molar-refractivity contribution in [2.45, 2.75) is 27.2 Å². The highest BCUT2D eigenvalue weighted by Gasteiger charge is 2.10. The van der Waals surface area contributed by atoms with E-state index in [0.29, 0.717) is 18.0 Å². The van der Waals surface area contributed by atoms with Gasteiger partial charge in [-0.15, -0.1) is 0 Å². The molecule has 0 bridgehead atoms. The van der Waals surface area contributed by atoms with E-state index in [2.05, 4.69) is 19.2 Å². The van der Waals surface area contributed by atoms with E-state index in [0.717, 1.165) is 12.0 Å². The van der Waals surface area contributed by atoms with Crippen LogP contribution in [0.2, 0.25) is 0 Å². The molecule has 0 spiro atoms. The van der Waals surface area contributed by atoms with Gasteiger partial charge in [0.1, 0.15) is 5.75 Å². The molecule has 1 rings (SSSR count). The van der Waals surface area contributed by atoms with Gasteiger partial charge in [-0.2, -0.15) is 0 Å². The number of amides is 1. The first-order valence-electron chi connectivity index (χ1n) is 5.58. The van der Waals surface area contributed by atoms with Gasteiger partial charge in [0.15, 0.2) is 0 Å². The molecule has 0 saturated heterocycles. The van der Waals surface area contributed by atoms with Crippen molar-refractivity contribution in [3.8, 4) is 5.75 Å². The van der Waals surface area contributed by atoms with E-state index >= 15 is 0 Å². The van der Waals surface area contributed by atoms with E-state index in [1.807, 2.05) is 13.0 Å². The molecule has 0 saturated carbocycles. The van der Waals surface area contributed by atoms with Crippen molar-refractivity contribution in [1.29, 1.82) is 0 Å². The molecule has 0 fully saturated rings. The predicted molar refractivity (Wildman–Crippen MR) is 64.6 cm³/mol. The highest BCUT2D eigenvalue weighted by Crippen LogP contribution is 2.18. The number of rotatable bonds is 4. The number of aromatic hydroxyl groups is 1. The van der Waals surface area contributed by atoms with Crippen LogP contribution in [0.5, 0.6) is 5.75 Å². The Morgan fingerprint density at radius 1 is 1.44 bits per heavy atom. The molecular formula is C13H19NO2. The number of phenols is 1. The maximum atomic E-state index is 11.7. The maximum Gasteiger partial charge on any atom is 0.255 e. The second-order valence-electron chi connectivity index (χ2n) is 4.46. The summed E-state index contributed by atoms with van der Waals surface area (Å²) >= 11 is 0. The minimum Gasteiger partial charge on any atom is -0.507 e. The third-order valence-electron chi connectivity index (χ3n) is 2.41. The van der Waals surface area contributed by atoms with Crippen LogP contribution >= 0.6 is 0 Å². The molecule has 0 aliphatic heterocycles. The minimum atomic E-state index is -0.210. The molecule has 0 radical (unpaired) electrons. The van der Waals surface area contributed by atoms with E-state index in [-0.39, 0.29) is 11.7 Å². The Kier molecular flexibility index (Phi) is 4.35. The first-order valence-corrected chi connectivity index (χ1v) is 5.58. The Labute approximate surface area is 96.5 Å². The van der Waals surface area contributed by atoms with Crippen molar-refractivity contribution >= 4 is 5.91 Å². The summed E-state index contributed by atoms with van der Waals surface area (Å²) < 4.78 is 0. The number of hydrogen-bond donors (Lipinski definition) is 2. The topological polar surface area (TPSA) is 49.3 Å². The number of nitrogens with one attached hydrogen (secondary N) is 1. The molecule has 0 heterocycles. The summed E-state index contributed by atoms with van der Waals surface area (Å²) in [6.45, 7) is 6.73. The average Bonchev–Trinajstić information content (AvgIpc) is 2.16. The fourth-order valence-electron chi connectivity index (χ4n) is 1.40. The van der Waals surface area contributed by atoms with Crippen LogP contribution in [0, 0.1) is 12.8 Å². The zero-order valence-corrected chi connectivity index (χ0v) is 10.1. The largest absolute Gasteiger partial charge is 0.507 e. The molecule has 0 unspecified atom stereocenters. The standard InChI is InChI=1S/C13H19NO2/c1-9(2)6-7-14-13(16)11-5-4-10(3)8-12(11)15/h4-5,8-9,15H,6-7H2,1-3H3,(H,14,16). The quantitative estimate of drug-likeness (QED) is 0.820. The molecule has 0 aromatic heterocycles. The highest BCUT2D eigenvalue weighted by molar-refractivity contribution is 5.96. The Hall–Kier alpha value is -1.51. The summed E-state index contributed by atoms with van der Waals surface area (Å²) in [6, 6.07) is 5.06. The van der Waals surface area contributed by atoms with Crippen LogP contribution in [-0.4, -0.2) is 17.6 Å². The van der Waals surface area contributed by atoms with E-state index in [4.69, 9.17) is 0 Å². The van der Waals surface area contributed by atoms with Crippen molar-refractivity contribution in [2.75, 3.05) is 6.54 Å². The van der Waals surface area contributed by atoms with Crippen molar-refractivity contribution in [3.05, 3.63) is 29.3 Å². The third-order valence-corrected chi connectivity index (χ3v) is 2.41. The number of benzene rings is 1. The number of hydrogen-bond acceptors (Lipinski definition) is 2. The van der Waals surface area contributed by atoms with Crippen molar-refractivity contribution in [1.82, 2.24) is 5.32 Å². The second kappa shape index (κ2) is 5.54. The number of aryl methyl sites for hydroxylation is 1. The van der Waals surface area contributed by atoms with Crippen LogP contribution in [0.25, 0.3) is 0 Å². The molecule has 2 N–H and O–H groups in total. The first kappa shape index (κ1) is 12.6. The Balaban J connectivity index is 2.59. The molecule has 3 heteroatoms. The normalized spacial score (nSPS) is 10.5. The van der Waals surface area contributed by atoms with Gasteiger partial charge in [-0.3, -0.25) is 4.79 Å². The van der Waals surface area contributed by atoms with E-state index < -0.39 is 0 Å². The van der Waals surface area contributed by atoms with Gasteiger partial charge in [-0.1, -0.05) is 19.9 Å². The van der Waals surface area contributed by atoms with Crippen LogP contribution in [0.3, 0.4) is 0 Å². The van der Waals surface area contributed by atoms with Crippen molar-refractivity contribution in [3.63, 3.8) is 0 Å². The molecule has 3 nitrogen and oxygen atoms in total. The van der Waals surface area contributed by atoms with Crippen molar-refractivity contribution < 1.29 is 9.90 Å². The van der Waals surface area contributed by atoms with Crippen LogP contribution < -0.4 is 5.32 Å². The highest BCUT2D eigenvalue weighted by atomic mass is 16.3. The molecule has 16 heavy (non-hydrogen) atoms. The van der Waals surface area contributed by atoms with Crippen LogP contribution in [0.1, 0.15) is 36.2 Å². The monoisotopic (exact) mass is 221 g/mol. The van der Waals surface area contributed by atoms with Gasteiger partial charge in [0.05, 0.1) is 5.56 Å². The minimum absolute atomic E-state index is 0.0436. The average molecular weight is 221 g/mol. The lowest BCUT2D eigenvalue weighted by Crippen LogP contribution is -2.25. The van der Waals surface area contributed by atoms with Gasteiger partial charge in [-0.25, -0.2) is 0 Å². The lowest BCUT2D eigenvalue weighted by molar-refractivity contribution is 0.0949. The van der Waals surface area contributed by atoms with Gasteiger partial charge < -0.3 is 10.4 Å². The third kappa shape index (κ3) is 3.57. The van der Waals surface area contributed by atoms with E-state index in [9.17, 15) is 9.90 Å². The van der Waals surface area contributed by atoms with Crippen LogP contribution in [0.15, 0.2) is 18.2 Å². The second-order valence-corrected chi connectivity index (χ2v) is 4.46. The predicted octanol–water partition coefficient (Wildman–Crippen LogP) is 2.48. The first-order chi connectivity index (χ1) is 7.50. The zero-order chi connectivity index (χ0) is 12.1. The molecule has 1 aromatic carbocycles. The van der Waals surface area contributed by atoms with Gasteiger partial charge in [0.2, 0.25) is 0 Å². The summed E-state index contributed by atoms with van der Waals surface area (Å²) in [7, 11) is 0. The van der Waals surface area contributed by atoms with Crippen LogP contribution in [0.4, 0.5) is 0 Å². The molecule has 0 aliphatic rings. The Bertz CT molecular complexity index is 372. The Morgan fingerprint density at radius 2 is 2.12 bits per heavy atom. The number of phenolic OH excluding ortho intramolecular Hbond substituents is 1. The molecule has 88 valence electrons. The number of carbonyl (C=O) groups is 1. The lowest BCUT2D eigenvalue weighted by Gasteiger charge is -2.08. The molecular weight excluding hydrogens is 202 g/mol. The summed E-state index contributed by atoms with van der Waals surface area (Å²) in [4.78, 5) is 11.7. The Morgan fingerprint density at radius 3 is 2.69 bits per heavy atom. The summed E-state index contributed by atoms with van der Waals surface area (Å²) in [5.41, 5.74) is 1.28. The fourth-order valence-corrected chi connectivity index (χ4v) is 1.40. The molecule has 1 amide bonds.